The molecule has 0 saturated carbocycles. The monoisotopic (exact) mass is 487 g/mol. The number of alkyl halides is 3. The van der Waals surface area contributed by atoms with Crippen LogP contribution in [0.4, 0.5) is 18.9 Å². The highest BCUT2D eigenvalue weighted by atomic mass is 35.5. The summed E-state index contributed by atoms with van der Waals surface area (Å²) in [6.07, 6.45) is -1.58. The minimum atomic E-state index is -4.61. The van der Waals surface area contributed by atoms with E-state index < -0.39 is 11.9 Å². The Hall–Kier alpha value is -3.46. The van der Waals surface area contributed by atoms with E-state index in [0.717, 1.165) is 6.20 Å². The number of amides is 1. The van der Waals surface area contributed by atoms with Crippen molar-refractivity contribution < 1.29 is 18.0 Å². The topological polar surface area (TPSA) is 72.2 Å². The summed E-state index contributed by atoms with van der Waals surface area (Å²) in [6, 6.07) is 10.9. The summed E-state index contributed by atoms with van der Waals surface area (Å²) in [6.45, 7) is 5.89. The van der Waals surface area contributed by atoms with E-state index in [1.807, 2.05) is 20.8 Å². The molecule has 1 aromatic carbocycles. The van der Waals surface area contributed by atoms with Crippen molar-refractivity contribution in [1.29, 1.82) is 0 Å². The van der Waals surface area contributed by atoms with Gasteiger partial charge in [-0.1, -0.05) is 38.4 Å². The summed E-state index contributed by atoms with van der Waals surface area (Å²) in [5.41, 5.74) is 0.893. The molecule has 4 aromatic rings. The number of hydrogen-bond acceptors (Lipinski definition) is 4. The number of benzene rings is 1. The standard InChI is InChI=1S/C24H21ClF3N5O/c1-23(2,3)12-21(34)31-18-11-14(6-7-16(18)25)19-13-33-20(30-19)9-8-17(32-33)15-5-4-10-29-22(15)24(26,27)28/h4-11,13H,12H2,1-3H3,(H,31,34). The Labute approximate surface area is 198 Å². The number of carbonyl (C=O) groups excluding carboxylic acids is 1. The Balaban J connectivity index is 1.68. The lowest BCUT2D eigenvalue weighted by Crippen LogP contribution is -2.19. The Morgan fingerprint density at radius 3 is 2.56 bits per heavy atom. The molecule has 4 rings (SSSR count). The maximum atomic E-state index is 13.4. The maximum absolute atomic E-state index is 13.4. The fourth-order valence-electron chi connectivity index (χ4n) is 3.46. The zero-order valence-electron chi connectivity index (χ0n) is 18.6. The van der Waals surface area contributed by atoms with Gasteiger partial charge in [-0.2, -0.15) is 18.3 Å². The average molecular weight is 488 g/mol. The summed E-state index contributed by atoms with van der Waals surface area (Å²) in [7, 11) is 0. The number of imidazole rings is 1. The molecule has 0 fully saturated rings. The van der Waals surface area contributed by atoms with Crippen LogP contribution in [-0.4, -0.2) is 25.5 Å². The van der Waals surface area contributed by atoms with Crippen molar-refractivity contribution >= 4 is 28.8 Å². The number of nitrogens with one attached hydrogen (secondary N) is 1. The van der Waals surface area contributed by atoms with Crippen LogP contribution in [0, 0.1) is 5.41 Å². The average Bonchev–Trinajstić information content (AvgIpc) is 3.16. The zero-order valence-corrected chi connectivity index (χ0v) is 19.4. The second-order valence-corrected chi connectivity index (χ2v) is 9.43. The zero-order chi connectivity index (χ0) is 24.7. The summed E-state index contributed by atoms with van der Waals surface area (Å²) in [5, 5.41) is 7.52. The molecule has 0 aliphatic rings. The molecule has 1 amide bonds. The van der Waals surface area contributed by atoms with Crippen LogP contribution >= 0.6 is 11.6 Å². The van der Waals surface area contributed by atoms with E-state index in [-0.39, 0.29) is 22.6 Å². The third-order valence-electron chi connectivity index (χ3n) is 4.90. The van der Waals surface area contributed by atoms with Crippen LogP contribution in [-0.2, 0) is 11.0 Å². The van der Waals surface area contributed by atoms with Gasteiger partial charge in [-0.05, 0) is 41.8 Å². The van der Waals surface area contributed by atoms with E-state index in [2.05, 4.69) is 20.4 Å². The van der Waals surface area contributed by atoms with Crippen molar-refractivity contribution in [1.82, 2.24) is 19.6 Å². The normalized spacial score (nSPS) is 12.2. The number of hydrogen-bond donors (Lipinski definition) is 1. The Morgan fingerprint density at radius 2 is 1.85 bits per heavy atom. The van der Waals surface area contributed by atoms with Gasteiger partial charge in [0.05, 0.1) is 28.3 Å². The number of fused-ring (bicyclic) bond motifs is 1. The molecule has 0 aliphatic carbocycles. The molecule has 3 heterocycles. The van der Waals surface area contributed by atoms with Gasteiger partial charge in [0.25, 0.3) is 0 Å². The van der Waals surface area contributed by atoms with Gasteiger partial charge in [0.2, 0.25) is 5.91 Å². The molecule has 3 aromatic heterocycles. The quantitative estimate of drug-likeness (QED) is 0.356. The first-order valence-corrected chi connectivity index (χ1v) is 10.8. The SMILES string of the molecule is CC(C)(C)CC(=O)Nc1cc(-c2cn3nc(-c4cccnc4C(F)(F)F)ccc3n2)ccc1Cl. The van der Waals surface area contributed by atoms with Crippen LogP contribution in [0.3, 0.4) is 0 Å². The molecule has 176 valence electrons. The predicted molar refractivity (Wildman–Crippen MR) is 124 cm³/mol. The van der Waals surface area contributed by atoms with Crippen LogP contribution in [0.2, 0.25) is 5.02 Å². The number of anilines is 1. The molecule has 0 aliphatic heterocycles. The van der Waals surface area contributed by atoms with Gasteiger partial charge >= 0.3 is 6.18 Å². The number of aromatic nitrogens is 4. The van der Waals surface area contributed by atoms with Crippen molar-refractivity contribution in [2.24, 2.45) is 5.41 Å². The Kier molecular flexibility index (Phi) is 6.07. The van der Waals surface area contributed by atoms with Crippen LogP contribution in [0.5, 0.6) is 0 Å². The summed E-state index contributed by atoms with van der Waals surface area (Å²) >= 11 is 6.27. The van der Waals surface area contributed by atoms with Crippen LogP contribution in [0.1, 0.15) is 32.9 Å². The van der Waals surface area contributed by atoms with Gasteiger partial charge in [-0.25, -0.2) is 9.50 Å². The second kappa shape index (κ2) is 8.72. The lowest BCUT2D eigenvalue weighted by molar-refractivity contribution is -0.140. The summed E-state index contributed by atoms with van der Waals surface area (Å²) < 4.78 is 41.5. The molecule has 34 heavy (non-hydrogen) atoms. The number of carbonyl (C=O) groups is 1. The third kappa shape index (κ3) is 5.20. The first-order chi connectivity index (χ1) is 15.9. The highest BCUT2D eigenvalue weighted by Gasteiger charge is 2.35. The fourth-order valence-corrected chi connectivity index (χ4v) is 3.62. The lowest BCUT2D eigenvalue weighted by atomic mass is 9.92. The van der Waals surface area contributed by atoms with E-state index in [4.69, 9.17) is 11.6 Å². The molecule has 0 unspecified atom stereocenters. The molecule has 0 radical (unpaired) electrons. The lowest BCUT2D eigenvalue weighted by Gasteiger charge is -2.17. The number of nitrogens with zero attached hydrogens (tertiary/aromatic N) is 4. The first kappa shape index (κ1) is 23.7. The minimum Gasteiger partial charge on any atom is -0.325 e. The summed E-state index contributed by atoms with van der Waals surface area (Å²) in [5.74, 6) is -0.162. The van der Waals surface area contributed by atoms with E-state index in [0.29, 0.717) is 34.0 Å². The fraction of sp³-hybridized carbons (Fsp3) is 0.250. The van der Waals surface area contributed by atoms with Gasteiger partial charge < -0.3 is 5.32 Å². The van der Waals surface area contributed by atoms with Crippen LogP contribution in [0.15, 0.2) is 54.9 Å². The van der Waals surface area contributed by atoms with Gasteiger partial charge in [0.15, 0.2) is 11.3 Å². The van der Waals surface area contributed by atoms with Crippen molar-refractivity contribution in [3.8, 4) is 22.5 Å². The molecular formula is C24H21ClF3N5O. The highest BCUT2D eigenvalue weighted by molar-refractivity contribution is 6.33. The van der Waals surface area contributed by atoms with E-state index in [9.17, 15) is 18.0 Å². The largest absolute Gasteiger partial charge is 0.434 e. The van der Waals surface area contributed by atoms with Gasteiger partial charge in [0.1, 0.15) is 0 Å². The summed E-state index contributed by atoms with van der Waals surface area (Å²) in [4.78, 5) is 20.3. The predicted octanol–water partition coefficient (Wildman–Crippen LogP) is 6.51. The Bertz CT molecular complexity index is 1380. The molecule has 0 bridgehead atoms. The third-order valence-corrected chi connectivity index (χ3v) is 5.23. The van der Waals surface area contributed by atoms with Crippen molar-refractivity contribution in [3.05, 3.63) is 65.6 Å². The molecule has 0 saturated heterocycles. The molecule has 6 nitrogen and oxygen atoms in total. The van der Waals surface area contributed by atoms with E-state index in [1.54, 1.807) is 30.5 Å². The van der Waals surface area contributed by atoms with Crippen molar-refractivity contribution in [2.45, 2.75) is 33.4 Å². The van der Waals surface area contributed by atoms with E-state index in [1.165, 1.54) is 22.7 Å². The maximum Gasteiger partial charge on any atom is 0.434 e. The molecule has 0 atom stereocenters. The van der Waals surface area contributed by atoms with Gasteiger partial charge in [-0.15, -0.1) is 0 Å². The van der Waals surface area contributed by atoms with Gasteiger partial charge in [-0.3, -0.25) is 9.78 Å². The van der Waals surface area contributed by atoms with Crippen LogP contribution in [0.25, 0.3) is 28.2 Å². The van der Waals surface area contributed by atoms with Crippen molar-refractivity contribution in [3.63, 3.8) is 0 Å². The molecule has 10 heteroatoms. The molecule has 0 spiro atoms. The minimum absolute atomic E-state index is 0.114. The second-order valence-electron chi connectivity index (χ2n) is 9.03. The number of rotatable bonds is 4. The molecule has 1 N–H and O–H groups in total. The molecular weight excluding hydrogens is 467 g/mol. The highest BCUT2D eigenvalue weighted by Crippen LogP contribution is 2.35. The first-order valence-electron chi connectivity index (χ1n) is 10.4. The Morgan fingerprint density at radius 1 is 1.09 bits per heavy atom. The van der Waals surface area contributed by atoms with E-state index >= 15 is 0 Å². The number of pyridine rings is 1. The van der Waals surface area contributed by atoms with Gasteiger partial charge in [0, 0.05) is 23.7 Å². The van der Waals surface area contributed by atoms with Crippen molar-refractivity contribution in [2.75, 3.05) is 5.32 Å². The van der Waals surface area contributed by atoms with Crippen LogP contribution < -0.4 is 5.32 Å². The number of halogens is 4. The smallest absolute Gasteiger partial charge is 0.325 e.